The lowest BCUT2D eigenvalue weighted by Crippen LogP contribution is -2.50. The lowest BCUT2D eigenvalue weighted by molar-refractivity contribution is -0.149. The van der Waals surface area contributed by atoms with Gasteiger partial charge in [-0.1, -0.05) is 15.9 Å². The second-order valence-electron chi connectivity index (χ2n) is 5.30. The van der Waals surface area contributed by atoms with Crippen molar-refractivity contribution in [3.05, 3.63) is 0 Å². The smallest absolute Gasteiger partial charge is 0.300 e. The van der Waals surface area contributed by atoms with E-state index < -0.39 is 12.7 Å². The topological polar surface area (TPSA) is 6.48 Å². The van der Waals surface area contributed by atoms with Gasteiger partial charge in [0.25, 0.3) is 0 Å². The number of rotatable bonds is 4. The van der Waals surface area contributed by atoms with Gasteiger partial charge in [0, 0.05) is 38.1 Å². The quantitative estimate of drug-likeness (QED) is 0.735. The van der Waals surface area contributed by atoms with Crippen LogP contribution in [0.1, 0.15) is 12.8 Å². The highest BCUT2D eigenvalue weighted by molar-refractivity contribution is 9.09. The van der Waals surface area contributed by atoms with Crippen LogP contribution in [0.4, 0.5) is 13.2 Å². The minimum atomic E-state index is -4.06. The monoisotopic (exact) mass is 314 g/mol. The predicted octanol–water partition coefficient (Wildman–Crippen LogP) is 2.34. The van der Waals surface area contributed by atoms with Gasteiger partial charge in [0.05, 0.1) is 6.54 Å². The van der Waals surface area contributed by atoms with Crippen molar-refractivity contribution < 1.29 is 13.2 Å². The van der Waals surface area contributed by atoms with Crippen LogP contribution in [0.25, 0.3) is 0 Å². The normalized spacial score (nSPS) is 26.1. The predicted molar refractivity (Wildman–Crippen MR) is 64.4 cm³/mol. The van der Waals surface area contributed by atoms with Crippen molar-refractivity contribution in [2.45, 2.75) is 19.0 Å². The third-order valence-electron chi connectivity index (χ3n) is 3.67. The zero-order chi connectivity index (χ0) is 12.5. The molecule has 2 nitrogen and oxygen atoms in total. The van der Waals surface area contributed by atoms with Crippen LogP contribution < -0.4 is 0 Å². The van der Waals surface area contributed by atoms with Gasteiger partial charge < -0.3 is 4.90 Å². The molecule has 1 aliphatic carbocycles. The highest BCUT2D eigenvalue weighted by atomic mass is 79.9. The van der Waals surface area contributed by atoms with Gasteiger partial charge in [-0.05, 0) is 18.3 Å². The molecule has 1 saturated heterocycles. The summed E-state index contributed by atoms with van der Waals surface area (Å²) in [5.41, 5.74) is 0.423. The number of hydrogen-bond acceptors (Lipinski definition) is 2. The molecule has 0 spiro atoms. The number of nitrogens with zero attached hydrogens (tertiary/aromatic N) is 2. The first kappa shape index (κ1) is 13.6. The first-order chi connectivity index (χ1) is 7.92. The molecule has 0 amide bonds. The number of piperazine rings is 1. The van der Waals surface area contributed by atoms with Gasteiger partial charge in [0.15, 0.2) is 0 Å². The van der Waals surface area contributed by atoms with Crippen molar-refractivity contribution in [2.75, 3.05) is 44.6 Å². The molecule has 0 N–H and O–H groups in total. The minimum absolute atomic E-state index is 0.423. The zero-order valence-corrected chi connectivity index (χ0v) is 11.4. The minimum Gasteiger partial charge on any atom is -0.300 e. The maximum Gasteiger partial charge on any atom is 0.401 e. The molecule has 0 bridgehead atoms. The summed E-state index contributed by atoms with van der Waals surface area (Å²) >= 11 is 3.53. The average Bonchev–Trinajstić information content (AvgIpc) is 3.00. The van der Waals surface area contributed by atoms with Crippen LogP contribution in [-0.4, -0.2) is 60.6 Å². The lowest BCUT2D eigenvalue weighted by Gasteiger charge is -2.36. The van der Waals surface area contributed by atoms with Crippen LogP contribution in [-0.2, 0) is 0 Å². The maximum absolute atomic E-state index is 12.2. The second kappa shape index (κ2) is 5.05. The van der Waals surface area contributed by atoms with Crippen LogP contribution in [0.5, 0.6) is 0 Å². The summed E-state index contributed by atoms with van der Waals surface area (Å²) in [7, 11) is 0. The maximum atomic E-state index is 12.2. The molecule has 2 rings (SSSR count). The first-order valence-electron chi connectivity index (χ1n) is 6.00. The van der Waals surface area contributed by atoms with Crippen molar-refractivity contribution >= 4 is 15.9 Å². The van der Waals surface area contributed by atoms with Gasteiger partial charge in [0.1, 0.15) is 0 Å². The zero-order valence-electron chi connectivity index (χ0n) is 9.77. The summed E-state index contributed by atoms with van der Waals surface area (Å²) < 4.78 is 36.6. The molecule has 100 valence electrons. The van der Waals surface area contributed by atoms with Gasteiger partial charge in [-0.25, -0.2) is 0 Å². The Labute approximate surface area is 108 Å². The van der Waals surface area contributed by atoms with Crippen LogP contribution in [0.2, 0.25) is 0 Å². The van der Waals surface area contributed by atoms with Crippen LogP contribution >= 0.6 is 15.9 Å². The van der Waals surface area contributed by atoms with E-state index in [-0.39, 0.29) is 0 Å². The lowest BCUT2D eigenvalue weighted by atomic mass is 10.1. The summed E-state index contributed by atoms with van der Waals surface area (Å²) in [4.78, 5) is 3.81. The molecule has 1 heterocycles. The molecular formula is C11H18BrF3N2. The number of halogens is 4. The Balaban J connectivity index is 1.71. The molecule has 0 unspecified atom stereocenters. The molecule has 0 aromatic heterocycles. The highest BCUT2D eigenvalue weighted by Gasteiger charge is 2.43. The largest absolute Gasteiger partial charge is 0.401 e. The molecular weight excluding hydrogens is 297 g/mol. The molecule has 0 aromatic carbocycles. The summed E-state index contributed by atoms with van der Waals surface area (Å²) in [5.74, 6) is 0. The van der Waals surface area contributed by atoms with Crippen LogP contribution in [0.15, 0.2) is 0 Å². The molecule has 17 heavy (non-hydrogen) atoms. The van der Waals surface area contributed by atoms with E-state index in [0.29, 0.717) is 18.5 Å². The van der Waals surface area contributed by atoms with Crippen molar-refractivity contribution in [3.63, 3.8) is 0 Å². The van der Waals surface area contributed by atoms with E-state index in [1.807, 2.05) is 0 Å². The third-order valence-corrected chi connectivity index (χ3v) is 4.86. The van der Waals surface area contributed by atoms with E-state index in [9.17, 15) is 13.2 Å². The Morgan fingerprint density at radius 3 is 1.94 bits per heavy atom. The summed E-state index contributed by atoms with van der Waals surface area (Å²) in [6.07, 6.45) is -1.56. The molecule has 0 atom stereocenters. The van der Waals surface area contributed by atoms with Crippen molar-refractivity contribution in [3.8, 4) is 0 Å². The highest BCUT2D eigenvalue weighted by Crippen LogP contribution is 2.47. The fourth-order valence-electron chi connectivity index (χ4n) is 2.34. The SMILES string of the molecule is FC(F)(F)CN1CCN(CC2(CBr)CC2)CC1. The Hall–Kier alpha value is 0.190. The molecule has 6 heteroatoms. The Morgan fingerprint density at radius 1 is 1.00 bits per heavy atom. The summed E-state index contributed by atoms with van der Waals surface area (Å²) in [5, 5.41) is 1.02. The number of hydrogen-bond donors (Lipinski definition) is 0. The molecule has 2 aliphatic rings. The van der Waals surface area contributed by atoms with E-state index in [0.717, 1.165) is 25.0 Å². The van der Waals surface area contributed by atoms with E-state index in [2.05, 4.69) is 20.8 Å². The van der Waals surface area contributed by atoms with Crippen LogP contribution in [0, 0.1) is 5.41 Å². The van der Waals surface area contributed by atoms with Crippen molar-refractivity contribution in [1.29, 1.82) is 0 Å². The summed E-state index contributed by atoms with van der Waals surface area (Å²) in [6, 6.07) is 0. The molecule has 0 radical (unpaired) electrons. The van der Waals surface area contributed by atoms with Gasteiger partial charge in [-0.3, -0.25) is 4.90 Å². The Bertz CT molecular complexity index is 258. The molecule has 2 fully saturated rings. The molecule has 1 aliphatic heterocycles. The average molecular weight is 315 g/mol. The van der Waals surface area contributed by atoms with E-state index in [4.69, 9.17) is 0 Å². The van der Waals surface area contributed by atoms with Crippen LogP contribution in [0.3, 0.4) is 0 Å². The fourth-order valence-corrected chi connectivity index (χ4v) is 3.08. The van der Waals surface area contributed by atoms with Crippen molar-refractivity contribution in [1.82, 2.24) is 9.80 Å². The standard InChI is InChI=1S/C11H18BrF3N2/c12-7-10(1-2-10)8-16-3-5-17(6-4-16)9-11(13,14)15/h1-9H2. The Morgan fingerprint density at radius 2 is 1.53 bits per heavy atom. The molecule has 1 saturated carbocycles. The number of alkyl halides is 4. The molecule has 0 aromatic rings. The second-order valence-corrected chi connectivity index (χ2v) is 5.86. The van der Waals surface area contributed by atoms with E-state index in [1.165, 1.54) is 17.7 Å². The van der Waals surface area contributed by atoms with E-state index in [1.54, 1.807) is 0 Å². The third kappa shape index (κ3) is 4.10. The van der Waals surface area contributed by atoms with Gasteiger partial charge in [-0.15, -0.1) is 0 Å². The first-order valence-corrected chi connectivity index (χ1v) is 7.12. The summed E-state index contributed by atoms with van der Waals surface area (Å²) in [6.45, 7) is 2.90. The van der Waals surface area contributed by atoms with Gasteiger partial charge in [0.2, 0.25) is 0 Å². The van der Waals surface area contributed by atoms with Gasteiger partial charge in [-0.2, -0.15) is 13.2 Å². The van der Waals surface area contributed by atoms with E-state index >= 15 is 0 Å². The fraction of sp³-hybridized carbons (Fsp3) is 1.00. The van der Waals surface area contributed by atoms with Crippen molar-refractivity contribution in [2.24, 2.45) is 5.41 Å². The van der Waals surface area contributed by atoms with Gasteiger partial charge >= 0.3 is 6.18 Å². The Kier molecular flexibility index (Phi) is 4.05.